The van der Waals surface area contributed by atoms with E-state index in [2.05, 4.69) is 0 Å². The van der Waals surface area contributed by atoms with Crippen molar-refractivity contribution >= 4 is 34.3 Å². The molecule has 4 rings (SSSR count). The minimum atomic E-state index is -0.428. The molecule has 27 heavy (non-hydrogen) atoms. The Kier molecular flexibility index (Phi) is 4.98. The van der Waals surface area contributed by atoms with Crippen LogP contribution in [0.1, 0.15) is 10.4 Å². The lowest BCUT2D eigenvalue weighted by molar-refractivity contribution is -0.139. The number of fused-ring (bicyclic) bond motifs is 2. The molecule has 1 heterocycles. The number of benzene rings is 3. The van der Waals surface area contributed by atoms with E-state index in [9.17, 15) is 9.59 Å². The first-order valence-corrected chi connectivity index (χ1v) is 9.38. The fourth-order valence-corrected chi connectivity index (χ4v) is 3.48. The first-order chi connectivity index (χ1) is 13.2. The molecular weight excluding hydrogens is 364 g/mol. The van der Waals surface area contributed by atoms with Crippen molar-refractivity contribution in [2.75, 3.05) is 19.2 Å². The minimum absolute atomic E-state index is 0.146. The van der Waals surface area contributed by atoms with Gasteiger partial charge in [0, 0.05) is 10.5 Å². The van der Waals surface area contributed by atoms with Crippen LogP contribution in [0.15, 0.2) is 65.6 Å². The summed E-state index contributed by atoms with van der Waals surface area (Å²) in [4.78, 5) is 25.1. The molecular formula is C21H16O5S. The molecule has 6 heteroatoms. The van der Waals surface area contributed by atoms with Crippen LogP contribution in [-0.4, -0.2) is 30.9 Å². The zero-order valence-electron chi connectivity index (χ0n) is 14.3. The average molecular weight is 380 g/mol. The standard InChI is InChI=1S/C21H16O5S/c22-18(16-6-8-19-20(10-16)26-13-25-19)11-24-21(23)12-27-17-7-5-14-3-1-2-4-15(14)9-17/h1-10H,11-13H2. The van der Waals surface area contributed by atoms with Crippen LogP contribution in [0, 0.1) is 0 Å². The second-order valence-electron chi connectivity index (χ2n) is 5.95. The summed E-state index contributed by atoms with van der Waals surface area (Å²) < 4.78 is 15.6. The number of carbonyl (C=O) groups is 2. The van der Waals surface area contributed by atoms with E-state index in [0.717, 1.165) is 15.7 Å². The van der Waals surface area contributed by atoms with Crippen molar-refractivity contribution in [3.8, 4) is 11.5 Å². The molecule has 0 fully saturated rings. The summed E-state index contributed by atoms with van der Waals surface area (Å²) in [7, 11) is 0. The molecule has 0 unspecified atom stereocenters. The van der Waals surface area contributed by atoms with Crippen LogP contribution in [0.3, 0.4) is 0 Å². The van der Waals surface area contributed by atoms with E-state index in [1.807, 2.05) is 42.5 Å². The SMILES string of the molecule is O=C(CSc1ccc2ccccc2c1)OCC(=O)c1ccc2c(c1)OCO2. The molecule has 0 radical (unpaired) electrons. The topological polar surface area (TPSA) is 61.8 Å². The van der Waals surface area contributed by atoms with Gasteiger partial charge in [-0.2, -0.15) is 0 Å². The van der Waals surface area contributed by atoms with E-state index >= 15 is 0 Å². The lowest BCUT2D eigenvalue weighted by Gasteiger charge is -2.06. The normalized spacial score (nSPS) is 12.1. The monoisotopic (exact) mass is 380 g/mol. The molecule has 0 bridgehead atoms. The number of thioether (sulfide) groups is 1. The molecule has 5 nitrogen and oxygen atoms in total. The summed E-state index contributed by atoms with van der Waals surface area (Å²) in [6.07, 6.45) is 0. The Labute approximate surface area is 160 Å². The van der Waals surface area contributed by atoms with Gasteiger partial charge >= 0.3 is 5.97 Å². The number of ether oxygens (including phenoxy) is 3. The second kappa shape index (κ2) is 7.72. The molecule has 1 aliphatic rings. The Balaban J connectivity index is 1.29. The fourth-order valence-electron chi connectivity index (χ4n) is 2.74. The Morgan fingerprint density at radius 3 is 2.63 bits per heavy atom. The summed E-state index contributed by atoms with van der Waals surface area (Å²) >= 11 is 1.38. The number of esters is 1. The zero-order chi connectivity index (χ0) is 18.6. The van der Waals surface area contributed by atoms with Gasteiger partial charge < -0.3 is 14.2 Å². The molecule has 0 saturated heterocycles. The molecule has 3 aromatic rings. The maximum Gasteiger partial charge on any atom is 0.316 e. The molecule has 0 N–H and O–H groups in total. The Morgan fingerprint density at radius 2 is 1.74 bits per heavy atom. The van der Waals surface area contributed by atoms with Crippen molar-refractivity contribution in [1.29, 1.82) is 0 Å². The smallest absolute Gasteiger partial charge is 0.316 e. The molecule has 0 aliphatic carbocycles. The van der Waals surface area contributed by atoms with Crippen molar-refractivity contribution in [3.05, 3.63) is 66.2 Å². The largest absolute Gasteiger partial charge is 0.457 e. The van der Waals surface area contributed by atoms with Gasteiger partial charge in [0.05, 0.1) is 5.75 Å². The highest BCUT2D eigenvalue weighted by Gasteiger charge is 2.17. The van der Waals surface area contributed by atoms with Crippen molar-refractivity contribution in [3.63, 3.8) is 0 Å². The van der Waals surface area contributed by atoms with E-state index in [1.54, 1.807) is 18.2 Å². The second-order valence-corrected chi connectivity index (χ2v) is 7.00. The van der Waals surface area contributed by atoms with Crippen LogP contribution in [-0.2, 0) is 9.53 Å². The first kappa shape index (κ1) is 17.4. The van der Waals surface area contributed by atoms with Gasteiger partial charge in [-0.25, -0.2) is 0 Å². The minimum Gasteiger partial charge on any atom is -0.457 e. The van der Waals surface area contributed by atoms with Crippen molar-refractivity contribution in [2.24, 2.45) is 0 Å². The summed E-state index contributed by atoms with van der Waals surface area (Å²) in [6.45, 7) is -0.148. The van der Waals surface area contributed by atoms with Gasteiger partial charge in [0.1, 0.15) is 0 Å². The van der Waals surface area contributed by atoms with Crippen LogP contribution in [0.2, 0.25) is 0 Å². The Bertz CT molecular complexity index is 1010. The van der Waals surface area contributed by atoms with Crippen LogP contribution < -0.4 is 9.47 Å². The quantitative estimate of drug-likeness (QED) is 0.365. The third-order valence-electron chi connectivity index (χ3n) is 4.14. The van der Waals surface area contributed by atoms with Gasteiger partial charge in [0.25, 0.3) is 0 Å². The Morgan fingerprint density at radius 1 is 0.926 bits per heavy atom. The molecule has 0 amide bonds. The first-order valence-electron chi connectivity index (χ1n) is 8.39. The highest BCUT2D eigenvalue weighted by atomic mass is 32.2. The maximum absolute atomic E-state index is 12.2. The van der Waals surface area contributed by atoms with Crippen molar-refractivity contribution in [1.82, 2.24) is 0 Å². The summed E-state index contributed by atoms with van der Waals surface area (Å²) in [5.41, 5.74) is 0.425. The molecule has 0 spiro atoms. The summed E-state index contributed by atoms with van der Waals surface area (Å²) in [5.74, 6) is 0.571. The summed E-state index contributed by atoms with van der Waals surface area (Å²) in [5, 5.41) is 2.27. The van der Waals surface area contributed by atoms with Gasteiger partial charge in [0.2, 0.25) is 6.79 Å². The number of carbonyl (C=O) groups excluding carboxylic acids is 2. The fraction of sp³-hybridized carbons (Fsp3) is 0.143. The van der Waals surface area contributed by atoms with E-state index in [1.165, 1.54) is 11.8 Å². The molecule has 1 aliphatic heterocycles. The average Bonchev–Trinajstić information content (AvgIpc) is 3.18. The van der Waals surface area contributed by atoms with Crippen LogP contribution in [0.5, 0.6) is 11.5 Å². The summed E-state index contributed by atoms with van der Waals surface area (Å²) in [6, 6.07) is 19.0. The Hall–Kier alpha value is -2.99. The van der Waals surface area contributed by atoms with Crippen molar-refractivity contribution in [2.45, 2.75) is 4.90 Å². The molecule has 0 saturated carbocycles. The van der Waals surface area contributed by atoms with Crippen molar-refractivity contribution < 1.29 is 23.8 Å². The van der Waals surface area contributed by atoms with Crippen LogP contribution in [0.4, 0.5) is 0 Å². The van der Waals surface area contributed by atoms with Crippen LogP contribution in [0.25, 0.3) is 10.8 Å². The predicted octanol–water partition coefficient (Wildman–Crippen LogP) is 4.09. The number of rotatable bonds is 6. The number of ketones is 1. The third kappa shape index (κ3) is 4.06. The van der Waals surface area contributed by atoms with Crippen LogP contribution >= 0.6 is 11.8 Å². The number of hydrogen-bond donors (Lipinski definition) is 0. The number of Topliss-reactive ketones (excluding diaryl/α,β-unsaturated/α-hetero) is 1. The molecule has 3 aromatic carbocycles. The maximum atomic E-state index is 12.2. The van der Waals surface area contributed by atoms with Gasteiger partial charge in [-0.1, -0.05) is 30.3 Å². The molecule has 136 valence electrons. The third-order valence-corrected chi connectivity index (χ3v) is 5.10. The highest BCUT2D eigenvalue weighted by molar-refractivity contribution is 8.00. The van der Waals surface area contributed by atoms with E-state index in [4.69, 9.17) is 14.2 Å². The van der Waals surface area contributed by atoms with Gasteiger partial charge in [-0.3, -0.25) is 9.59 Å². The molecule has 0 aromatic heterocycles. The zero-order valence-corrected chi connectivity index (χ0v) is 15.2. The predicted molar refractivity (Wildman–Crippen MR) is 103 cm³/mol. The lowest BCUT2D eigenvalue weighted by atomic mass is 10.1. The lowest BCUT2D eigenvalue weighted by Crippen LogP contribution is -2.15. The van der Waals surface area contributed by atoms with Gasteiger partial charge in [0.15, 0.2) is 23.9 Å². The highest BCUT2D eigenvalue weighted by Crippen LogP contribution is 2.32. The molecule has 0 atom stereocenters. The van der Waals surface area contributed by atoms with Gasteiger partial charge in [-0.05, 0) is 41.1 Å². The van der Waals surface area contributed by atoms with Gasteiger partial charge in [-0.15, -0.1) is 11.8 Å². The van der Waals surface area contributed by atoms with E-state index in [0.29, 0.717) is 17.1 Å². The van der Waals surface area contributed by atoms with E-state index in [-0.39, 0.29) is 24.9 Å². The van der Waals surface area contributed by atoms with E-state index < -0.39 is 5.97 Å². The number of hydrogen-bond acceptors (Lipinski definition) is 6.